The molecule has 1 aromatic rings. The zero-order valence-corrected chi connectivity index (χ0v) is 11.3. The average molecular weight is 268 g/mol. The normalized spacial score (nSPS) is 15.9. The van der Waals surface area contributed by atoms with Crippen molar-refractivity contribution in [1.29, 1.82) is 0 Å². The molecule has 1 aliphatic rings. The fourth-order valence-electron chi connectivity index (χ4n) is 2.48. The fraction of sp³-hybridized carbons (Fsp3) is 0.615. The van der Waals surface area contributed by atoms with Crippen molar-refractivity contribution in [1.82, 2.24) is 9.97 Å². The summed E-state index contributed by atoms with van der Waals surface area (Å²) in [7, 11) is 0. The highest BCUT2D eigenvalue weighted by Crippen LogP contribution is 2.27. The van der Waals surface area contributed by atoms with Crippen molar-refractivity contribution in [3.63, 3.8) is 0 Å². The van der Waals surface area contributed by atoms with E-state index in [2.05, 4.69) is 15.3 Å². The van der Waals surface area contributed by atoms with Gasteiger partial charge in [0.25, 0.3) is 0 Å². The Morgan fingerprint density at radius 2 is 2.11 bits per heavy atom. The number of hydrogen-bond acceptors (Lipinski definition) is 4. The minimum atomic E-state index is 0.223. The van der Waals surface area contributed by atoms with Gasteiger partial charge in [-0.2, -0.15) is 0 Å². The van der Waals surface area contributed by atoms with Crippen LogP contribution in [0.15, 0.2) is 0 Å². The summed E-state index contributed by atoms with van der Waals surface area (Å²) in [6, 6.07) is 0. The summed E-state index contributed by atoms with van der Waals surface area (Å²) >= 11 is 5.92. The van der Waals surface area contributed by atoms with Gasteiger partial charge < -0.3 is 5.32 Å². The Balaban J connectivity index is 1.97. The summed E-state index contributed by atoms with van der Waals surface area (Å²) < 4.78 is 0. The van der Waals surface area contributed by atoms with Crippen LogP contribution in [-0.2, 0) is 0 Å². The summed E-state index contributed by atoms with van der Waals surface area (Å²) in [6.45, 7) is 2.60. The zero-order chi connectivity index (χ0) is 13.0. The maximum absolute atomic E-state index is 11.0. The number of halogens is 1. The molecule has 5 heteroatoms. The first-order valence-corrected chi connectivity index (χ1v) is 6.81. The highest BCUT2D eigenvalue weighted by Gasteiger charge is 2.15. The van der Waals surface area contributed by atoms with Crippen molar-refractivity contribution in [2.75, 3.05) is 11.9 Å². The number of aryl methyl sites for hydroxylation is 1. The Kier molecular flexibility index (Phi) is 4.53. The molecule has 1 N–H and O–H groups in total. The van der Waals surface area contributed by atoms with Gasteiger partial charge in [-0.15, -0.1) is 0 Å². The van der Waals surface area contributed by atoms with Crippen molar-refractivity contribution in [2.45, 2.75) is 39.0 Å². The third-order valence-electron chi connectivity index (χ3n) is 3.45. The third kappa shape index (κ3) is 3.19. The number of nitrogens with zero attached hydrogens (tertiary/aromatic N) is 2. The van der Waals surface area contributed by atoms with Gasteiger partial charge in [0, 0.05) is 6.54 Å². The maximum Gasteiger partial charge on any atom is 0.156 e. The first-order valence-electron chi connectivity index (χ1n) is 6.44. The lowest BCUT2D eigenvalue weighted by molar-refractivity contribution is 0.112. The van der Waals surface area contributed by atoms with E-state index in [9.17, 15) is 4.79 Å². The van der Waals surface area contributed by atoms with Gasteiger partial charge in [0.05, 0.1) is 5.56 Å². The molecule has 0 unspecified atom stereocenters. The number of aldehydes is 1. The second-order valence-corrected chi connectivity index (χ2v) is 5.17. The Morgan fingerprint density at radius 1 is 1.39 bits per heavy atom. The van der Waals surface area contributed by atoms with Gasteiger partial charge in [-0.1, -0.05) is 37.3 Å². The fourth-order valence-corrected chi connectivity index (χ4v) is 2.74. The summed E-state index contributed by atoms with van der Waals surface area (Å²) in [4.78, 5) is 19.2. The number of rotatable bonds is 5. The molecule has 1 fully saturated rings. The molecular weight excluding hydrogens is 250 g/mol. The van der Waals surface area contributed by atoms with Gasteiger partial charge in [-0.3, -0.25) is 4.79 Å². The van der Waals surface area contributed by atoms with Gasteiger partial charge in [0.2, 0.25) is 0 Å². The van der Waals surface area contributed by atoms with Crippen LogP contribution in [0.5, 0.6) is 0 Å². The molecule has 98 valence electrons. The number of anilines is 1. The van der Waals surface area contributed by atoms with E-state index in [4.69, 9.17) is 11.6 Å². The monoisotopic (exact) mass is 267 g/mol. The standard InChI is InChI=1S/C13H18ClN3O/c1-9-16-12(14)11(8-18)13(17-9)15-7-6-10-4-2-3-5-10/h8,10H,2-7H2,1H3,(H,15,16,17). The van der Waals surface area contributed by atoms with Crippen molar-refractivity contribution in [2.24, 2.45) is 5.92 Å². The van der Waals surface area contributed by atoms with Crippen LogP contribution in [0, 0.1) is 12.8 Å². The SMILES string of the molecule is Cc1nc(Cl)c(C=O)c(NCCC2CCCC2)n1. The Morgan fingerprint density at radius 3 is 2.78 bits per heavy atom. The molecule has 1 aliphatic carbocycles. The van der Waals surface area contributed by atoms with Crippen LogP contribution in [0.2, 0.25) is 5.15 Å². The van der Waals surface area contributed by atoms with Crippen LogP contribution in [0.25, 0.3) is 0 Å². The van der Waals surface area contributed by atoms with E-state index in [-0.39, 0.29) is 5.15 Å². The van der Waals surface area contributed by atoms with E-state index in [0.717, 1.165) is 18.9 Å². The van der Waals surface area contributed by atoms with Crippen LogP contribution >= 0.6 is 11.6 Å². The molecular formula is C13H18ClN3O. The Labute approximate surface area is 112 Å². The molecule has 0 amide bonds. The van der Waals surface area contributed by atoms with Gasteiger partial charge in [-0.05, 0) is 19.3 Å². The van der Waals surface area contributed by atoms with Gasteiger partial charge in [0.1, 0.15) is 16.8 Å². The largest absolute Gasteiger partial charge is 0.369 e. The number of hydrogen-bond donors (Lipinski definition) is 1. The molecule has 0 radical (unpaired) electrons. The first kappa shape index (κ1) is 13.3. The van der Waals surface area contributed by atoms with E-state index in [1.807, 2.05) is 0 Å². The van der Waals surface area contributed by atoms with Crippen LogP contribution in [0.3, 0.4) is 0 Å². The second-order valence-electron chi connectivity index (χ2n) is 4.81. The molecule has 0 atom stereocenters. The van der Waals surface area contributed by atoms with Crippen molar-refractivity contribution >= 4 is 23.7 Å². The van der Waals surface area contributed by atoms with Gasteiger partial charge >= 0.3 is 0 Å². The van der Waals surface area contributed by atoms with E-state index in [0.29, 0.717) is 23.5 Å². The van der Waals surface area contributed by atoms with Crippen molar-refractivity contribution < 1.29 is 4.79 Å². The van der Waals surface area contributed by atoms with E-state index in [1.54, 1.807) is 6.92 Å². The molecule has 1 heterocycles. The lowest BCUT2D eigenvalue weighted by Gasteiger charge is -2.12. The molecule has 0 bridgehead atoms. The van der Waals surface area contributed by atoms with Gasteiger partial charge in [0.15, 0.2) is 6.29 Å². The molecule has 4 nitrogen and oxygen atoms in total. The van der Waals surface area contributed by atoms with Gasteiger partial charge in [-0.25, -0.2) is 9.97 Å². The molecule has 1 saturated carbocycles. The number of carbonyl (C=O) groups excluding carboxylic acids is 1. The summed E-state index contributed by atoms with van der Waals surface area (Å²) in [5.74, 6) is 1.95. The minimum Gasteiger partial charge on any atom is -0.369 e. The van der Waals surface area contributed by atoms with Crippen LogP contribution in [-0.4, -0.2) is 22.8 Å². The lowest BCUT2D eigenvalue weighted by atomic mass is 10.0. The predicted molar refractivity (Wildman–Crippen MR) is 72.2 cm³/mol. The topological polar surface area (TPSA) is 54.9 Å². The molecule has 0 aliphatic heterocycles. The van der Waals surface area contributed by atoms with Crippen LogP contribution in [0.1, 0.15) is 48.3 Å². The summed E-state index contributed by atoms with van der Waals surface area (Å²) in [5, 5.41) is 3.43. The maximum atomic E-state index is 11.0. The number of nitrogens with one attached hydrogen (secondary N) is 1. The quantitative estimate of drug-likeness (QED) is 0.657. The average Bonchev–Trinajstić information content (AvgIpc) is 2.81. The molecule has 18 heavy (non-hydrogen) atoms. The zero-order valence-electron chi connectivity index (χ0n) is 10.6. The molecule has 0 saturated heterocycles. The van der Waals surface area contributed by atoms with Crippen molar-refractivity contribution in [3.05, 3.63) is 16.5 Å². The second kappa shape index (κ2) is 6.14. The van der Waals surface area contributed by atoms with Crippen LogP contribution in [0.4, 0.5) is 5.82 Å². The van der Waals surface area contributed by atoms with Crippen molar-refractivity contribution in [3.8, 4) is 0 Å². The predicted octanol–water partition coefficient (Wildman–Crippen LogP) is 3.24. The van der Waals surface area contributed by atoms with Crippen LogP contribution < -0.4 is 5.32 Å². The first-order chi connectivity index (χ1) is 8.70. The smallest absolute Gasteiger partial charge is 0.156 e. The molecule has 0 aromatic carbocycles. The summed E-state index contributed by atoms with van der Waals surface area (Å²) in [5.41, 5.74) is 0.355. The number of aromatic nitrogens is 2. The summed E-state index contributed by atoms with van der Waals surface area (Å²) in [6.07, 6.45) is 7.18. The number of carbonyl (C=O) groups is 1. The Bertz CT molecular complexity index is 430. The highest BCUT2D eigenvalue weighted by molar-refractivity contribution is 6.32. The van der Waals surface area contributed by atoms with E-state index in [1.165, 1.54) is 25.7 Å². The molecule has 0 spiro atoms. The molecule has 1 aromatic heterocycles. The van der Waals surface area contributed by atoms with E-state index < -0.39 is 0 Å². The molecule has 2 rings (SSSR count). The third-order valence-corrected chi connectivity index (χ3v) is 3.74. The van der Waals surface area contributed by atoms with E-state index >= 15 is 0 Å². The minimum absolute atomic E-state index is 0.223. The lowest BCUT2D eigenvalue weighted by Crippen LogP contribution is -2.11. The highest BCUT2D eigenvalue weighted by atomic mass is 35.5. The Hall–Kier alpha value is -1.16.